The molecule has 0 amide bonds. The molecule has 0 atom stereocenters. The second-order valence-electron chi connectivity index (χ2n) is 5.81. The minimum absolute atomic E-state index is 0.0526. The van der Waals surface area contributed by atoms with Gasteiger partial charge >= 0.3 is 0 Å². The third-order valence-corrected chi connectivity index (χ3v) is 4.13. The molecule has 7 nitrogen and oxygen atoms in total. The number of anilines is 2. The number of nitrogens with two attached hydrogens (primary N) is 1. The van der Waals surface area contributed by atoms with Crippen LogP contribution in [0.1, 0.15) is 11.1 Å². The van der Waals surface area contributed by atoms with Gasteiger partial charge in [0.05, 0.1) is 26.3 Å². The molecule has 7 heteroatoms. The molecule has 0 aliphatic carbocycles. The summed E-state index contributed by atoms with van der Waals surface area (Å²) in [6, 6.07) is 11.4. The summed E-state index contributed by atoms with van der Waals surface area (Å²) >= 11 is 0. The van der Waals surface area contributed by atoms with Crippen LogP contribution in [0.2, 0.25) is 0 Å². The minimum Gasteiger partial charge on any atom is -0.493 e. The van der Waals surface area contributed by atoms with Crippen LogP contribution in [0.4, 0.5) is 11.8 Å². The van der Waals surface area contributed by atoms with E-state index in [0.29, 0.717) is 40.7 Å². The van der Waals surface area contributed by atoms with Crippen LogP contribution in [0.15, 0.2) is 36.4 Å². The summed E-state index contributed by atoms with van der Waals surface area (Å²) in [5.74, 6) is 2.02. The molecule has 0 saturated heterocycles. The highest BCUT2D eigenvalue weighted by atomic mass is 16.5. The number of hydrogen-bond donors (Lipinski definition) is 3. The molecule has 136 valence electrons. The molecule has 0 radical (unpaired) electrons. The number of methoxy groups -OCH3 is 2. The lowest BCUT2D eigenvalue weighted by molar-refractivity contribution is 0.282. The SMILES string of the molecule is COc1cc2nc(NCCc3ccc(CO)cc3)nc(N)c2cc1OC. The fourth-order valence-electron chi connectivity index (χ4n) is 2.69. The van der Waals surface area contributed by atoms with Crippen molar-refractivity contribution < 1.29 is 14.6 Å². The average molecular weight is 354 g/mol. The van der Waals surface area contributed by atoms with E-state index in [2.05, 4.69) is 15.3 Å². The number of fused-ring (bicyclic) bond motifs is 1. The number of hydrogen-bond acceptors (Lipinski definition) is 7. The second-order valence-corrected chi connectivity index (χ2v) is 5.81. The van der Waals surface area contributed by atoms with Crippen LogP contribution in [0.3, 0.4) is 0 Å². The van der Waals surface area contributed by atoms with Gasteiger partial charge in [-0.25, -0.2) is 4.98 Å². The van der Waals surface area contributed by atoms with Gasteiger partial charge in [0.2, 0.25) is 5.95 Å². The van der Waals surface area contributed by atoms with E-state index in [1.165, 1.54) is 0 Å². The van der Waals surface area contributed by atoms with Gasteiger partial charge in [-0.2, -0.15) is 4.98 Å². The normalized spacial score (nSPS) is 10.7. The van der Waals surface area contributed by atoms with E-state index in [4.69, 9.17) is 20.3 Å². The second kappa shape index (κ2) is 7.88. The maximum absolute atomic E-state index is 9.08. The van der Waals surface area contributed by atoms with Crippen molar-refractivity contribution in [3.8, 4) is 11.5 Å². The van der Waals surface area contributed by atoms with Crippen molar-refractivity contribution in [2.24, 2.45) is 0 Å². The Morgan fingerprint density at radius 2 is 1.65 bits per heavy atom. The fraction of sp³-hybridized carbons (Fsp3) is 0.263. The Kier molecular flexibility index (Phi) is 5.38. The maximum Gasteiger partial charge on any atom is 0.225 e. The van der Waals surface area contributed by atoms with E-state index in [9.17, 15) is 0 Å². The van der Waals surface area contributed by atoms with E-state index in [0.717, 1.165) is 17.5 Å². The molecule has 0 saturated carbocycles. The Labute approximate surface area is 151 Å². The summed E-state index contributed by atoms with van der Waals surface area (Å²) in [4.78, 5) is 8.82. The first kappa shape index (κ1) is 17.8. The number of aliphatic hydroxyl groups is 1. The zero-order valence-electron chi connectivity index (χ0n) is 14.8. The number of ether oxygens (including phenoxy) is 2. The highest BCUT2D eigenvalue weighted by Gasteiger charge is 2.11. The quantitative estimate of drug-likeness (QED) is 0.598. The molecule has 0 spiro atoms. The van der Waals surface area contributed by atoms with E-state index in [1.54, 1.807) is 26.4 Å². The van der Waals surface area contributed by atoms with Crippen LogP contribution in [0.25, 0.3) is 10.9 Å². The third kappa shape index (κ3) is 3.78. The zero-order chi connectivity index (χ0) is 18.5. The Bertz CT molecular complexity index is 897. The Morgan fingerprint density at radius 1 is 1.00 bits per heavy atom. The van der Waals surface area contributed by atoms with Crippen LogP contribution >= 0.6 is 0 Å². The molecule has 0 bridgehead atoms. The van der Waals surface area contributed by atoms with Crippen molar-refractivity contribution in [3.63, 3.8) is 0 Å². The van der Waals surface area contributed by atoms with Crippen molar-refractivity contribution >= 4 is 22.7 Å². The van der Waals surface area contributed by atoms with E-state index < -0.39 is 0 Å². The van der Waals surface area contributed by atoms with E-state index in [1.807, 2.05) is 24.3 Å². The molecule has 0 aliphatic heterocycles. The predicted octanol–water partition coefficient (Wildman–Crippen LogP) is 2.38. The van der Waals surface area contributed by atoms with Crippen molar-refractivity contribution in [1.82, 2.24) is 9.97 Å². The zero-order valence-corrected chi connectivity index (χ0v) is 14.8. The standard InChI is InChI=1S/C19H22N4O3/c1-25-16-9-14-15(10-17(16)26-2)22-19(23-18(14)20)21-8-7-12-3-5-13(11-24)6-4-12/h3-6,9-10,24H,7-8,11H2,1-2H3,(H3,20,21,22,23). The maximum atomic E-state index is 9.08. The molecule has 4 N–H and O–H groups in total. The summed E-state index contributed by atoms with van der Waals surface area (Å²) in [6.07, 6.45) is 0.805. The number of aromatic nitrogens is 2. The number of rotatable bonds is 7. The summed E-state index contributed by atoms with van der Waals surface area (Å²) in [7, 11) is 3.15. The van der Waals surface area contributed by atoms with Gasteiger partial charge in [0.1, 0.15) is 5.82 Å². The van der Waals surface area contributed by atoms with Crippen LogP contribution in [-0.4, -0.2) is 35.8 Å². The molecule has 0 fully saturated rings. The Balaban J connectivity index is 1.75. The summed E-state index contributed by atoms with van der Waals surface area (Å²) in [5, 5.41) is 13.0. The number of nitrogens with one attached hydrogen (secondary N) is 1. The lowest BCUT2D eigenvalue weighted by Crippen LogP contribution is -2.09. The van der Waals surface area contributed by atoms with E-state index >= 15 is 0 Å². The fourth-order valence-corrected chi connectivity index (χ4v) is 2.69. The first-order valence-corrected chi connectivity index (χ1v) is 8.26. The van der Waals surface area contributed by atoms with Gasteiger partial charge in [-0.15, -0.1) is 0 Å². The molecule has 2 aromatic carbocycles. The van der Waals surface area contributed by atoms with Crippen molar-refractivity contribution in [3.05, 3.63) is 47.5 Å². The molecule has 3 rings (SSSR count). The average Bonchev–Trinajstić information content (AvgIpc) is 2.67. The summed E-state index contributed by atoms with van der Waals surface area (Å²) in [5.41, 5.74) is 8.82. The van der Waals surface area contributed by atoms with Crippen LogP contribution in [0, 0.1) is 0 Å². The number of benzene rings is 2. The van der Waals surface area contributed by atoms with Gasteiger partial charge in [-0.05, 0) is 23.6 Å². The first-order valence-electron chi connectivity index (χ1n) is 8.26. The van der Waals surface area contributed by atoms with Gasteiger partial charge in [0.15, 0.2) is 11.5 Å². The molecule has 3 aromatic rings. The molecular weight excluding hydrogens is 332 g/mol. The van der Waals surface area contributed by atoms with Crippen LogP contribution < -0.4 is 20.5 Å². The Morgan fingerprint density at radius 3 is 2.31 bits per heavy atom. The lowest BCUT2D eigenvalue weighted by atomic mass is 10.1. The highest BCUT2D eigenvalue weighted by Crippen LogP contribution is 2.33. The van der Waals surface area contributed by atoms with Gasteiger partial charge in [0.25, 0.3) is 0 Å². The third-order valence-electron chi connectivity index (χ3n) is 4.13. The molecule has 1 heterocycles. The molecule has 1 aromatic heterocycles. The van der Waals surface area contributed by atoms with Crippen LogP contribution in [0.5, 0.6) is 11.5 Å². The molecule has 0 unspecified atom stereocenters. The van der Waals surface area contributed by atoms with Crippen LogP contribution in [-0.2, 0) is 13.0 Å². The van der Waals surface area contributed by atoms with Gasteiger partial charge in [-0.3, -0.25) is 0 Å². The first-order chi connectivity index (χ1) is 12.6. The number of nitrogens with zero attached hydrogens (tertiary/aromatic N) is 2. The summed E-state index contributed by atoms with van der Waals surface area (Å²) < 4.78 is 10.6. The Hall–Kier alpha value is -3.06. The number of nitrogen functional groups attached to an aromatic ring is 1. The van der Waals surface area contributed by atoms with Gasteiger partial charge in [0, 0.05) is 18.0 Å². The molecule has 0 aliphatic rings. The monoisotopic (exact) mass is 354 g/mol. The van der Waals surface area contributed by atoms with Crippen molar-refractivity contribution in [1.29, 1.82) is 0 Å². The van der Waals surface area contributed by atoms with Crippen molar-refractivity contribution in [2.45, 2.75) is 13.0 Å². The predicted molar refractivity (Wildman–Crippen MR) is 102 cm³/mol. The molecule has 26 heavy (non-hydrogen) atoms. The summed E-state index contributed by atoms with van der Waals surface area (Å²) in [6.45, 7) is 0.716. The smallest absolute Gasteiger partial charge is 0.225 e. The topological polar surface area (TPSA) is 103 Å². The minimum atomic E-state index is 0.0526. The largest absolute Gasteiger partial charge is 0.493 e. The highest BCUT2D eigenvalue weighted by molar-refractivity contribution is 5.91. The van der Waals surface area contributed by atoms with Crippen molar-refractivity contribution in [2.75, 3.05) is 31.8 Å². The van der Waals surface area contributed by atoms with Gasteiger partial charge in [-0.1, -0.05) is 24.3 Å². The lowest BCUT2D eigenvalue weighted by Gasteiger charge is -2.11. The van der Waals surface area contributed by atoms with E-state index in [-0.39, 0.29) is 6.61 Å². The van der Waals surface area contributed by atoms with Gasteiger partial charge < -0.3 is 25.6 Å². The molecular formula is C19H22N4O3. The number of aliphatic hydroxyl groups excluding tert-OH is 1.